The summed E-state index contributed by atoms with van der Waals surface area (Å²) in [4.78, 5) is 0. The van der Waals surface area contributed by atoms with Gasteiger partial charge >= 0.3 is 5.92 Å². The van der Waals surface area contributed by atoms with Gasteiger partial charge in [0.25, 0.3) is 0 Å². The molecule has 0 amide bonds. The van der Waals surface area contributed by atoms with E-state index in [1.807, 2.05) is 0 Å². The fourth-order valence-corrected chi connectivity index (χ4v) is 3.10. The Morgan fingerprint density at radius 1 is 1.27 bits per heavy atom. The Balaban J connectivity index is 2.12. The molecule has 0 bridgehead atoms. The SMILES string of the molecule is Cc1nn(Cc2cccc(Cl)c2Cl)c2cc(C(F)(F)/C(N)=N/N)ccc12. The number of benzene rings is 2. The average Bonchev–Trinajstić information content (AvgIpc) is 2.93. The van der Waals surface area contributed by atoms with Gasteiger partial charge in [0.05, 0.1) is 27.8 Å². The first-order valence-corrected chi connectivity index (χ1v) is 8.33. The van der Waals surface area contributed by atoms with Crippen LogP contribution in [-0.4, -0.2) is 15.6 Å². The third-order valence-corrected chi connectivity index (χ3v) is 4.97. The second-order valence-electron chi connectivity index (χ2n) is 5.78. The lowest BCUT2D eigenvalue weighted by molar-refractivity contribution is 0.0742. The summed E-state index contributed by atoms with van der Waals surface area (Å²) >= 11 is 12.3. The molecule has 26 heavy (non-hydrogen) atoms. The Kier molecular flexibility index (Phi) is 4.77. The van der Waals surface area contributed by atoms with Gasteiger partial charge in [0.15, 0.2) is 5.84 Å². The van der Waals surface area contributed by atoms with Crippen molar-refractivity contribution >= 4 is 39.9 Å². The molecule has 0 fully saturated rings. The molecule has 3 aromatic rings. The van der Waals surface area contributed by atoms with Crippen molar-refractivity contribution in [2.24, 2.45) is 16.7 Å². The molecule has 0 spiro atoms. The number of alkyl halides is 2. The number of halogens is 4. The maximum atomic E-state index is 14.4. The zero-order chi connectivity index (χ0) is 19.1. The van der Waals surface area contributed by atoms with Crippen LogP contribution in [0.5, 0.6) is 0 Å². The molecule has 2 aromatic carbocycles. The minimum absolute atomic E-state index is 0.277. The van der Waals surface area contributed by atoms with Crippen LogP contribution in [0.25, 0.3) is 10.9 Å². The standard InChI is InChI=1S/C17H15Cl2F2N5/c1-9-12-6-5-11(17(20,21)16(22)24-23)7-14(12)26(25-9)8-10-3-2-4-13(18)15(10)19/h2-7H,8,23H2,1H3,(H2,22,24). The van der Waals surface area contributed by atoms with Gasteiger partial charge in [0.1, 0.15) is 0 Å². The van der Waals surface area contributed by atoms with E-state index in [1.54, 1.807) is 35.9 Å². The molecule has 1 aromatic heterocycles. The molecule has 3 rings (SSSR count). The predicted octanol–water partition coefficient (Wildman–Crippen LogP) is 4.02. The zero-order valence-electron chi connectivity index (χ0n) is 13.7. The third kappa shape index (κ3) is 3.08. The van der Waals surface area contributed by atoms with Gasteiger partial charge in [-0.25, -0.2) is 0 Å². The van der Waals surface area contributed by atoms with Crippen molar-refractivity contribution in [2.45, 2.75) is 19.4 Å². The number of hydrogen-bond acceptors (Lipinski definition) is 3. The van der Waals surface area contributed by atoms with Crippen molar-refractivity contribution < 1.29 is 8.78 Å². The average molecular weight is 398 g/mol. The molecule has 0 aliphatic heterocycles. The summed E-state index contributed by atoms with van der Waals surface area (Å²) in [6.45, 7) is 2.07. The summed E-state index contributed by atoms with van der Waals surface area (Å²) in [6.07, 6.45) is 0. The maximum absolute atomic E-state index is 14.4. The molecule has 5 nitrogen and oxygen atoms in total. The van der Waals surface area contributed by atoms with Crippen LogP contribution < -0.4 is 11.6 Å². The van der Waals surface area contributed by atoms with Crippen LogP contribution in [0.15, 0.2) is 41.5 Å². The largest absolute Gasteiger partial charge is 0.380 e. The van der Waals surface area contributed by atoms with Crippen molar-refractivity contribution in [2.75, 3.05) is 0 Å². The van der Waals surface area contributed by atoms with E-state index in [4.69, 9.17) is 34.8 Å². The first kappa shape index (κ1) is 18.4. The van der Waals surface area contributed by atoms with Crippen molar-refractivity contribution in [1.82, 2.24) is 9.78 Å². The smallest absolute Gasteiger partial charge is 0.331 e. The number of hydrogen-bond donors (Lipinski definition) is 2. The number of hydrazone groups is 1. The highest BCUT2D eigenvalue weighted by atomic mass is 35.5. The Morgan fingerprint density at radius 2 is 2.00 bits per heavy atom. The highest BCUT2D eigenvalue weighted by Gasteiger charge is 2.37. The Labute approximate surface area is 158 Å². The summed E-state index contributed by atoms with van der Waals surface area (Å²) in [7, 11) is 0. The van der Waals surface area contributed by atoms with Crippen LogP contribution in [0, 0.1) is 6.92 Å². The van der Waals surface area contributed by atoms with Crippen LogP contribution in [-0.2, 0) is 12.5 Å². The van der Waals surface area contributed by atoms with Crippen molar-refractivity contribution in [3.8, 4) is 0 Å². The van der Waals surface area contributed by atoms with E-state index in [0.29, 0.717) is 21.3 Å². The quantitative estimate of drug-likeness (QED) is 0.301. The fraction of sp³-hybridized carbons (Fsp3) is 0.176. The summed E-state index contributed by atoms with van der Waals surface area (Å²) in [5.74, 6) is 0.466. The van der Waals surface area contributed by atoms with E-state index in [0.717, 1.165) is 10.9 Å². The molecule has 0 unspecified atom stereocenters. The molecule has 9 heteroatoms. The Hall–Kier alpha value is -2.38. The number of nitrogens with two attached hydrogens (primary N) is 2. The van der Waals surface area contributed by atoms with Crippen molar-refractivity contribution in [1.29, 1.82) is 0 Å². The van der Waals surface area contributed by atoms with Crippen molar-refractivity contribution in [3.05, 3.63) is 63.3 Å². The van der Waals surface area contributed by atoms with E-state index in [2.05, 4.69) is 10.2 Å². The molecular formula is C17H15Cl2F2N5. The van der Waals surface area contributed by atoms with E-state index < -0.39 is 11.8 Å². The Bertz CT molecular complexity index is 1010. The third-order valence-electron chi connectivity index (χ3n) is 4.11. The van der Waals surface area contributed by atoms with Gasteiger partial charge in [-0.15, -0.1) is 0 Å². The molecule has 0 aliphatic carbocycles. The van der Waals surface area contributed by atoms with Crippen LogP contribution in [0.3, 0.4) is 0 Å². The van der Waals surface area contributed by atoms with Crippen LogP contribution >= 0.6 is 23.2 Å². The molecular weight excluding hydrogens is 383 g/mol. The van der Waals surface area contributed by atoms with Gasteiger partial charge in [-0.1, -0.05) is 47.5 Å². The summed E-state index contributed by atoms with van der Waals surface area (Å²) < 4.78 is 30.3. The van der Waals surface area contributed by atoms with Crippen LogP contribution in [0.1, 0.15) is 16.8 Å². The summed E-state index contributed by atoms with van der Waals surface area (Å²) in [5, 5.41) is 8.91. The first-order chi connectivity index (χ1) is 12.3. The Morgan fingerprint density at radius 3 is 2.69 bits per heavy atom. The van der Waals surface area contributed by atoms with Gasteiger partial charge in [0, 0.05) is 10.9 Å². The maximum Gasteiger partial charge on any atom is 0.331 e. The van der Waals surface area contributed by atoms with Crippen LogP contribution in [0.4, 0.5) is 8.78 Å². The highest BCUT2D eigenvalue weighted by Crippen LogP contribution is 2.32. The molecule has 0 aliphatic rings. The molecule has 0 saturated carbocycles. The first-order valence-electron chi connectivity index (χ1n) is 7.58. The van der Waals surface area contributed by atoms with E-state index in [-0.39, 0.29) is 12.1 Å². The lowest BCUT2D eigenvalue weighted by Crippen LogP contribution is -2.34. The van der Waals surface area contributed by atoms with Gasteiger partial charge in [0.2, 0.25) is 0 Å². The zero-order valence-corrected chi connectivity index (χ0v) is 15.2. The number of aromatic nitrogens is 2. The molecule has 0 radical (unpaired) electrons. The van der Waals surface area contributed by atoms with E-state index >= 15 is 0 Å². The summed E-state index contributed by atoms with van der Waals surface area (Å²) in [5.41, 5.74) is 6.87. The van der Waals surface area contributed by atoms with Crippen LogP contribution in [0.2, 0.25) is 10.0 Å². The molecule has 136 valence electrons. The number of nitrogens with zero attached hydrogens (tertiary/aromatic N) is 3. The molecule has 0 saturated heterocycles. The van der Waals surface area contributed by atoms with Crippen molar-refractivity contribution in [3.63, 3.8) is 0 Å². The number of fused-ring (bicyclic) bond motifs is 1. The van der Waals surface area contributed by atoms with Gasteiger partial charge < -0.3 is 11.6 Å². The monoisotopic (exact) mass is 397 g/mol. The minimum atomic E-state index is -3.49. The number of rotatable bonds is 4. The lowest BCUT2D eigenvalue weighted by Gasteiger charge is -2.16. The highest BCUT2D eigenvalue weighted by molar-refractivity contribution is 6.42. The van der Waals surface area contributed by atoms with Gasteiger partial charge in [-0.2, -0.15) is 19.0 Å². The molecule has 1 heterocycles. The second kappa shape index (κ2) is 6.74. The normalized spacial score (nSPS) is 12.7. The topological polar surface area (TPSA) is 82.2 Å². The summed E-state index contributed by atoms with van der Waals surface area (Å²) in [6, 6.07) is 9.42. The molecule has 4 N–H and O–H groups in total. The van der Waals surface area contributed by atoms with E-state index in [1.165, 1.54) is 12.1 Å². The fourth-order valence-electron chi connectivity index (χ4n) is 2.72. The lowest BCUT2D eigenvalue weighted by atomic mass is 10.0. The molecule has 0 atom stereocenters. The number of amidine groups is 1. The van der Waals surface area contributed by atoms with Gasteiger partial charge in [-0.05, 0) is 24.6 Å². The predicted molar refractivity (Wildman–Crippen MR) is 99.7 cm³/mol. The van der Waals surface area contributed by atoms with Gasteiger partial charge in [-0.3, -0.25) is 4.68 Å². The minimum Gasteiger partial charge on any atom is -0.380 e. The van der Waals surface area contributed by atoms with E-state index in [9.17, 15) is 8.78 Å². The second-order valence-corrected chi connectivity index (χ2v) is 6.56. The number of aryl methyl sites for hydroxylation is 1.